The van der Waals surface area contributed by atoms with Gasteiger partial charge >= 0.3 is 0 Å². The van der Waals surface area contributed by atoms with Gasteiger partial charge in [0.25, 0.3) is 11.7 Å². The normalized spacial score (nSPS) is 16.7. The molecule has 6 nitrogen and oxygen atoms in total. The number of anilines is 2. The van der Waals surface area contributed by atoms with E-state index in [0.717, 1.165) is 41.0 Å². The van der Waals surface area contributed by atoms with Crippen molar-refractivity contribution >= 4 is 28.8 Å². The molecule has 0 aliphatic carbocycles. The number of carbonyl (C=O) groups excluding carboxylic acids is 2. The molecule has 0 bridgehead atoms. The summed E-state index contributed by atoms with van der Waals surface area (Å²) in [5, 5.41) is 11.5. The monoisotopic (exact) mass is 512 g/mol. The molecule has 3 aromatic carbocycles. The van der Waals surface area contributed by atoms with E-state index in [1.54, 1.807) is 18.2 Å². The number of nitrogens with zero attached hydrogens (tertiary/aromatic N) is 2. The first-order valence-electron chi connectivity index (χ1n) is 13.2. The van der Waals surface area contributed by atoms with Crippen molar-refractivity contribution in [2.24, 2.45) is 0 Å². The summed E-state index contributed by atoms with van der Waals surface area (Å²) in [6, 6.07) is 18.1. The minimum Gasteiger partial charge on any atom is -0.507 e. The first kappa shape index (κ1) is 27.0. The zero-order chi connectivity index (χ0) is 27.6. The molecule has 0 radical (unpaired) electrons. The third-order valence-corrected chi connectivity index (χ3v) is 7.30. The molecule has 1 amide bonds. The molecule has 1 N–H and O–H groups in total. The van der Waals surface area contributed by atoms with E-state index < -0.39 is 17.7 Å². The van der Waals surface area contributed by atoms with Gasteiger partial charge in [-0.05, 0) is 106 Å². The van der Waals surface area contributed by atoms with Crippen LogP contribution in [0.3, 0.4) is 0 Å². The van der Waals surface area contributed by atoms with Gasteiger partial charge in [-0.2, -0.15) is 0 Å². The smallest absolute Gasteiger partial charge is 0.300 e. The van der Waals surface area contributed by atoms with Crippen LogP contribution in [-0.2, 0) is 9.59 Å². The molecule has 4 rings (SSSR count). The summed E-state index contributed by atoms with van der Waals surface area (Å²) < 4.78 is 5.64. The van der Waals surface area contributed by atoms with Gasteiger partial charge in [0.05, 0.1) is 18.2 Å². The first-order valence-corrected chi connectivity index (χ1v) is 13.2. The number of rotatable bonds is 8. The number of ketones is 1. The van der Waals surface area contributed by atoms with Crippen LogP contribution in [-0.4, -0.2) is 36.5 Å². The maximum atomic E-state index is 13.5. The van der Waals surface area contributed by atoms with Gasteiger partial charge in [-0.3, -0.25) is 14.5 Å². The third kappa shape index (κ3) is 4.91. The number of hydrogen-bond donors (Lipinski definition) is 1. The van der Waals surface area contributed by atoms with Crippen LogP contribution in [0.1, 0.15) is 54.6 Å². The van der Waals surface area contributed by atoms with Crippen molar-refractivity contribution in [1.82, 2.24) is 0 Å². The fourth-order valence-electron chi connectivity index (χ4n) is 5.02. The molecule has 1 aliphatic rings. The lowest BCUT2D eigenvalue weighted by Crippen LogP contribution is -2.29. The number of amides is 1. The standard InChI is InChI=1S/C32H36N2O4/c1-7-33(8-2)25-15-11-23(12-16-25)29-28(30(35)24-13-17-27(38-9-3)22(6)18-24)31(36)32(37)34(29)26-14-10-20(4)21(5)19-26/h10-19,29,35H,7-9H2,1-6H3/b30-28+. The molecular weight excluding hydrogens is 476 g/mol. The maximum absolute atomic E-state index is 13.5. The van der Waals surface area contributed by atoms with Crippen molar-refractivity contribution in [2.45, 2.75) is 47.6 Å². The summed E-state index contributed by atoms with van der Waals surface area (Å²) in [5.74, 6) is -0.845. The molecule has 1 fully saturated rings. The van der Waals surface area contributed by atoms with Crippen molar-refractivity contribution in [1.29, 1.82) is 0 Å². The molecule has 1 heterocycles. The fourth-order valence-corrected chi connectivity index (χ4v) is 5.02. The SMILES string of the molecule is CCOc1ccc(/C(O)=C2\C(=O)C(=O)N(c3ccc(C)c(C)c3)C2c2ccc(N(CC)CC)cc2)cc1C. The Morgan fingerprint density at radius 3 is 2.13 bits per heavy atom. The van der Waals surface area contributed by atoms with Gasteiger partial charge in [-0.15, -0.1) is 0 Å². The number of ether oxygens (including phenoxy) is 1. The van der Waals surface area contributed by atoms with E-state index in [0.29, 0.717) is 23.6 Å². The van der Waals surface area contributed by atoms with E-state index >= 15 is 0 Å². The van der Waals surface area contributed by atoms with Crippen LogP contribution in [0.25, 0.3) is 5.76 Å². The molecule has 38 heavy (non-hydrogen) atoms. The Labute approximate surface area is 225 Å². The van der Waals surface area contributed by atoms with E-state index in [1.807, 2.05) is 70.2 Å². The lowest BCUT2D eigenvalue weighted by molar-refractivity contribution is -0.132. The second kappa shape index (κ2) is 11.1. The van der Waals surface area contributed by atoms with Gasteiger partial charge in [0.1, 0.15) is 11.5 Å². The number of aliphatic hydroxyl groups excluding tert-OH is 1. The summed E-state index contributed by atoms with van der Waals surface area (Å²) in [6.07, 6.45) is 0. The fraction of sp³-hybridized carbons (Fsp3) is 0.312. The molecule has 1 atom stereocenters. The molecule has 198 valence electrons. The zero-order valence-electron chi connectivity index (χ0n) is 23.0. The van der Waals surface area contributed by atoms with Gasteiger partial charge in [0.2, 0.25) is 0 Å². The Morgan fingerprint density at radius 2 is 1.55 bits per heavy atom. The van der Waals surface area contributed by atoms with E-state index in [2.05, 4.69) is 18.7 Å². The number of aryl methyl sites for hydroxylation is 3. The highest BCUT2D eigenvalue weighted by atomic mass is 16.5. The molecule has 1 unspecified atom stereocenters. The van der Waals surface area contributed by atoms with Crippen LogP contribution >= 0.6 is 0 Å². The Balaban J connectivity index is 1.90. The van der Waals surface area contributed by atoms with E-state index in [4.69, 9.17) is 4.74 Å². The second-order valence-corrected chi connectivity index (χ2v) is 9.61. The summed E-state index contributed by atoms with van der Waals surface area (Å²) in [6.45, 7) is 14.2. The Hall–Kier alpha value is -4.06. The molecule has 3 aromatic rings. The highest BCUT2D eigenvalue weighted by Crippen LogP contribution is 2.43. The number of Topliss-reactive ketones (excluding diaryl/α,β-unsaturated/α-hetero) is 1. The molecule has 1 aliphatic heterocycles. The molecule has 6 heteroatoms. The number of hydrogen-bond acceptors (Lipinski definition) is 5. The van der Waals surface area contributed by atoms with Crippen LogP contribution in [0.2, 0.25) is 0 Å². The molecule has 1 saturated heterocycles. The molecule has 0 spiro atoms. The average molecular weight is 513 g/mol. The van der Waals surface area contributed by atoms with Crippen LogP contribution in [0.15, 0.2) is 66.2 Å². The molecular formula is C32H36N2O4. The summed E-state index contributed by atoms with van der Waals surface area (Å²) in [4.78, 5) is 30.8. The van der Waals surface area contributed by atoms with Crippen LogP contribution in [0.4, 0.5) is 11.4 Å². The van der Waals surface area contributed by atoms with Crippen molar-refractivity contribution in [3.8, 4) is 5.75 Å². The quantitative estimate of drug-likeness (QED) is 0.212. The summed E-state index contributed by atoms with van der Waals surface area (Å²) >= 11 is 0. The predicted octanol–water partition coefficient (Wildman–Crippen LogP) is 6.48. The van der Waals surface area contributed by atoms with Crippen molar-refractivity contribution in [3.63, 3.8) is 0 Å². The zero-order valence-corrected chi connectivity index (χ0v) is 23.0. The maximum Gasteiger partial charge on any atom is 0.300 e. The second-order valence-electron chi connectivity index (χ2n) is 9.61. The van der Waals surface area contributed by atoms with Gasteiger partial charge in [-0.1, -0.05) is 18.2 Å². The first-order chi connectivity index (χ1) is 18.2. The average Bonchev–Trinajstić information content (AvgIpc) is 3.18. The lowest BCUT2D eigenvalue weighted by atomic mass is 9.94. The van der Waals surface area contributed by atoms with Gasteiger partial charge < -0.3 is 14.7 Å². The molecule has 0 aromatic heterocycles. The van der Waals surface area contributed by atoms with Gasteiger partial charge in [0, 0.05) is 30.0 Å². The van der Waals surface area contributed by atoms with Gasteiger partial charge in [0.15, 0.2) is 0 Å². The number of benzene rings is 3. The minimum absolute atomic E-state index is 0.0763. The van der Waals surface area contributed by atoms with Crippen molar-refractivity contribution in [2.75, 3.05) is 29.5 Å². The van der Waals surface area contributed by atoms with E-state index in [1.165, 1.54) is 4.90 Å². The Morgan fingerprint density at radius 1 is 0.868 bits per heavy atom. The highest BCUT2D eigenvalue weighted by Gasteiger charge is 2.47. The topological polar surface area (TPSA) is 70.1 Å². The molecule has 0 saturated carbocycles. The summed E-state index contributed by atoms with van der Waals surface area (Å²) in [7, 11) is 0. The highest BCUT2D eigenvalue weighted by molar-refractivity contribution is 6.51. The Kier molecular flexibility index (Phi) is 7.91. The predicted molar refractivity (Wildman–Crippen MR) is 153 cm³/mol. The Bertz CT molecular complexity index is 1390. The van der Waals surface area contributed by atoms with E-state index in [9.17, 15) is 14.7 Å². The van der Waals surface area contributed by atoms with Crippen LogP contribution in [0, 0.1) is 20.8 Å². The minimum atomic E-state index is -0.769. The largest absolute Gasteiger partial charge is 0.507 e. The number of aliphatic hydroxyl groups is 1. The van der Waals surface area contributed by atoms with Crippen molar-refractivity contribution < 1.29 is 19.4 Å². The van der Waals surface area contributed by atoms with Crippen LogP contribution in [0.5, 0.6) is 5.75 Å². The van der Waals surface area contributed by atoms with Crippen molar-refractivity contribution in [3.05, 3.63) is 94.1 Å². The summed E-state index contributed by atoms with van der Waals surface area (Å²) in [5.41, 5.74) is 5.92. The van der Waals surface area contributed by atoms with Gasteiger partial charge in [-0.25, -0.2) is 0 Å². The van der Waals surface area contributed by atoms with Crippen LogP contribution < -0.4 is 14.5 Å². The lowest BCUT2D eigenvalue weighted by Gasteiger charge is -2.27. The third-order valence-electron chi connectivity index (χ3n) is 7.30. The van der Waals surface area contributed by atoms with E-state index in [-0.39, 0.29) is 11.3 Å². The number of carbonyl (C=O) groups is 2.